The van der Waals surface area contributed by atoms with Crippen LogP contribution >= 0.6 is 11.6 Å². The zero-order valence-corrected chi connectivity index (χ0v) is 16.0. The molecule has 0 bridgehead atoms. The summed E-state index contributed by atoms with van der Waals surface area (Å²) < 4.78 is 7.07. The number of fused-ring (bicyclic) bond motifs is 2. The largest absolute Gasteiger partial charge is 0.451 e. The molecule has 1 saturated heterocycles. The van der Waals surface area contributed by atoms with Gasteiger partial charge in [-0.05, 0) is 6.42 Å². The highest BCUT2D eigenvalue weighted by atomic mass is 35.5. The quantitative estimate of drug-likeness (QED) is 0.646. The van der Waals surface area contributed by atoms with Gasteiger partial charge in [0.05, 0.1) is 36.0 Å². The van der Waals surface area contributed by atoms with Crippen molar-refractivity contribution in [2.75, 3.05) is 24.5 Å². The maximum Gasteiger partial charge on any atom is 0.276 e. The number of rotatable bonds is 2. The van der Waals surface area contributed by atoms with E-state index in [0.717, 1.165) is 24.2 Å². The Morgan fingerprint density at radius 2 is 2.04 bits per heavy atom. The molecule has 2 aliphatic heterocycles. The van der Waals surface area contributed by atoms with Crippen molar-refractivity contribution in [3.63, 3.8) is 0 Å². The van der Waals surface area contributed by atoms with Gasteiger partial charge in [0.1, 0.15) is 11.8 Å². The third-order valence-corrected chi connectivity index (χ3v) is 5.82. The molecule has 28 heavy (non-hydrogen) atoms. The Hall–Kier alpha value is -2.94. The number of aryl methyl sites for hydroxylation is 1. The van der Waals surface area contributed by atoms with Gasteiger partial charge in [-0.3, -0.25) is 4.79 Å². The van der Waals surface area contributed by atoms with Crippen LogP contribution in [-0.4, -0.2) is 54.9 Å². The second-order valence-corrected chi connectivity index (χ2v) is 7.57. The van der Waals surface area contributed by atoms with Crippen LogP contribution in [-0.2, 0) is 19.0 Å². The number of oxazole rings is 1. The Balaban J connectivity index is 1.56. The van der Waals surface area contributed by atoms with Crippen LogP contribution in [0.2, 0.25) is 5.02 Å². The molecule has 1 unspecified atom stereocenters. The second-order valence-electron chi connectivity index (χ2n) is 7.14. The SMILES string of the molecule is Cn1cnc2c1CCN(C(=O)c1cocn1)C21CCN(c2ncc(Cl)cn2)C1. The number of carbonyl (C=O) groups is 1. The van der Waals surface area contributed by atoms with E-state index in [2.05, 4.69) is 24.8 Å². The molecule has 0 saturated carbocycles. The van der Waals surface area contributed by atoms with E-state index in [9.17, 15) is 4.79 Å². The number of hydrogen-bond donors (Lipinski definition) is 0. The van der Waals surface area contributed by atoms with Crippen molar-refractivity contribution in [3.8, 4) is 0 Å². The van der Waals surface area contributed by atoms with Crippen LogP contribution in [0.4, 0.5) is 5.95 Å². The van der Waals surface area contributed by atoms with Crippen LogP contribution in [0.5, 0.6) is 0 Å². The summed E-state index contributed by atoms with van der Waals surface area (Å²) in [6.45, 7) is 1.86. The summed E-state index contributed by atoms with van der Waals surface area (Å²) in [6, 6.07) is 0. The maximum absolute atomic E-state index is 13.2. The van der Waals surface area contributed by atoms with E-state index >= 15 is 0 Å². The lowest BCUT2D eigenvalue weighted by Gasteiger charge is -2.43. The Bertz CT molecular complexity index is 1020. The van der Waals surface area contributed by atoms with Crippen molar-refractivity contribution >= 4 is 23.5 Å². The monoisotopic (exact) mass is 399 g/mol. The van der Waals surface area contributed by atoms with Gasteiger partial charge in [-0.15, -0.1) is 0 Å². The summed E-state index contributed by atoms with van der Waals surface area (Å²) in [5, 5.41) is 0.491. The summed E-state index contributed by atoms with van der Waals surface area (Å²) in [4.78, 5) is 34.6. The summed E-state index contributed by atoms with van der Waals surface area (Å²) in [5.41, 5.74) is 1.84. The Labute approximate surface area is 166 Å². The molecule has 1 fully saturated rings. The van der Waals surface area contributed by atoms with Gasteiger partial charge in [0.2, 0.25) is 5.95 Å². The van der Waals surface area contributed by atoms with Crippen LogP contribution < -0.4 is 4.90 Å². The number of imidazole rings is 1. The number of amides is 1. The standard InChI is InChI=1S/C18H18ClN7O2/c1-24-10-22-15-14(24)2-4-26(16(27)13-8-28-11-23-13)18(15)3-5-25(9-18)17-20-6-12(19)7-21-17/h6-8,10-11H,2-5,9H2,1H3. The van der Waals surface area contributed by atoms with Crippen molar-refractivity contribution in [2.24, 2.45) is 7.05 Å². The molecule has 5 heterocycles. The van der Waals surface area contributed by atoms with Gasteiger partial charge < -0.3 is 18.8 Å². The molecule has 1 spiro atoms. The highest BCUT2D eigenvalue weighted by Crippen LogP contribution is 2.43. The van der Waals surface area contributed by atoms with Gasteiger partial charge in [-0.1, -0.05) is 11.6 Å². The first-order valence-corrected chi connectivity index (χ1v) is 9.39. The zero-order valence-electron chi connectivity index (χ0n) is 15.2. The molecule has 0 aromatic carbocycles. The number of carbonyl (C=O) groups excluding carboxylic acids is 1. The van der Waals surface area contributed by atoms with Crippen molar-refractivity contribution in [1.29, 1.82) is 0 Å². The topological polar surface area (TPSA) is 93.2 Å². The summed E-state index contributed by atoms with van der Waals surface area (Å²) in [7, 11) is 1.99. The molecule has 0 radical (unpaired) electrons. The fraction of sp³-hybridized carbons (Fsp3) is 0.389. The van der Waals surface area contributed by atoms with Gasteiger partial charge in [-0.2, -0.15) is 0 Å². The smallest absolute Gasteiger partial charge is 0.276 e. The van der Waals surface area contributed by atoms with Gasteiger partial charge >= 0.3 is 0 Å². The fourth-order valence-electron chi connectivity index (χ4n) is 4.30. The van der Waals surface area contributed by atoms with Crippen molar-refractivity contribution in [3.05, 3.63) is 53.5 Å². The predicted octanol–water partition coefficient (Wildman–Crippen LogP) is 1.66. The van der Waals surface area contributed by atoms with Gasteiger partial charge in [-0.25, -0.2) is 19.9 Å². The van der Waals surface area contributed by atoms with Gasteiger partial charge in [0.25, 0.3) is 5.91 Å². The molecular formula is C18H18ClN7O2. The number of hydrogen-bond acceptors (Lipinski definition) is 7. The van der Waals surface area contributed by atoms with Crippen LogP contribution in [0, 0.1) is 0 Å². The Kier molecular flexibility index (Phi) is 3.87. The van der Waals surface area contributed by atoms with Crippen molar-refractivity contribution in [2.45, 2.75) is 18.4 Å². The molecule has 2 aliphatic rings. The molecule has 1 atom stereocenters. The number of anilines is 1. The third-order valence-electron chi connectivity index (χ3n) is 5.62. The first kappa shape index (κ1) is 17.2. The van der Waals surface area contributed by atoms with Crippen molar-refractivity contribution < 1.29 is 9.21 Å². The highest BCUT2D eigenvalue weighted by Gasteiger charge is 2.52. The first-order chi connectivity index (χ1) is 13.6. The molecule has 3 aromatic heterocycles. The van der Waals surface area contributed by atoms with E-state index in [0.29, 0.717) is 36.3 Å². The zero-order chi connectivity index (χ0) is 19.3. The number of aromatic nitrogens is 5. The lowest BCUT2D eigenvalue weighted by Crippen LogP contribution is -2.55. The van der Waals surface area contributed by atoms with E-state index in [1.165, 1.54) is 12.7 Å². The van der Waals surface area contributed by atoms with E-state index in [-0.39, 0.29) is 5.91 Å². The minimum absolute atomic E-state index is 0.149. The molecular weight excluding hydrogens is 382 g/mol. The maximum atomic E-state index is 13.2. The minimum atomic E-state index is -0.562. The van der Waals surface area contributed by atoms with Crippen LogP contribution in [0.15, 0.2) is 35.8 Å². The fourth-order valence-corrected chi connectivity index (χ4v) is 4.40. The first-order valence-electron chi connectivity index (χ1n) is 9.02. The van der Waals surface area contributed by atoms with E-state index in [4.69, 9.17) is 16.0 Å². The second kappa shape index (κ2) is 6.30. The lowest BCUT2D eigenvalue weighted by atomic mass is 9.85. The van der Waals surface area contributed by atoms with E-state index < -0.39 is 5.54 Å². The normalized spacial score (nSPS) is 21.4. The Morgan fingerprint density at radius 1 is 1.21 bits per heavy atom. The number of nitrogens with zero attached hydrogens (tertiary/aromatic N) is 7. The lowest BCUT2D eigenvalue weighted by molar-refractivity contribution is 0.0452. The Morgan fingerprint density at radius 3 is 2.79 bits per heavy atom. The van der Waals surface area contributed by atoms with Crippen molar-refractivity contribution in [1.82, 2.24) is 29.4 Å². The average Bonchev–Trinajstić information content (AvgIpc) is 3.44. The van der Waals surface area contributed by atoms with E-state index in [1.54, 1.807) is 12.4 Å². The highest BCUT2D eigenvalue weighted by molar-refractivity contribution is 6.30. The molecule has 9 nitrogen and oxygen atoms in total. The molecule has 10 heteroatoms. The number of halogens is 1. The van der Waals surface area contributed by atoms with E-state index in [1.807, 2.05) is 22.8 Å². The van der Waals surface area contributed by atoms with Crippen LogP contribution in [0.3, 0.4) is 0 Å². The molecule has 0 N–H and O–H groups in total. The molecule has 1 amide bonds. The van der Waals surface area contributed by atoms with Gasteiger partial charge in [0, 0.05) is 32.3 Å². The molecule has 0 aliphatic carbocycles. The molecule has 3 aromatic rings. The van der Waals surface area contributed by atoms with Crippen LogP contribution in [0.25, 0.3) is 0 Å². The third kappa shape index (κ3) is 2.50. The summed E-state index contributed by atoms with van der Waals surface area (Å²) >= 11 is 5.93. The minimum Gasteiger partial charge on any atom is -0.451 e. The summed E-state index contributed by atoms with van der Waals surface area (Å²) in [5.74, 6) is 0.446. The van der Waals surface area contributed by atoms with Gasteiger partial charge in [0.15, 0.2) is 12.1 Å². The summed E-state index contributed by atoms with van der Waals surface area (Å²) in [6.07, 6.45) is 9.12. The van der Waals surface area contributed by atoms with Crippen LogP contribution in [0.1, 0.15) is 28.3 Å². The molecule has 144 valence electrons. The molecule has 5 rings (SSSR count). The predicted molar refractivity (Wildman–Crippen MR) is 100 cm³/mol. The average molecular weight is 400 g/mol.